The van der Waals surface area contributed by atoms with Gasteiger partial charge in [0, 0.05) is 36.6 Å². The largest absolute Gasteiger partial charge is 0.336 e. The molecular weight excluding hydrogens is 384 g/mol. The quantitative estimate of drug-likeness (QED) is 0.749. The Hall–Kier alpha value is -2.45. The van der Waals surface area contributed by atoms with Gasteiger partial charge in [-0.2, -0.15) is 8.78 Å². The molecule has 0 aliphatic carbocycles. The molecule has 0 spiro atoms. The molecule has 1 saturated heterocycles. The highest BCUT2D eigenvalue weighted by molar-refractivity contribution is 7.99. The Kier molecular flexibility index (Phi) is 7.00. The van der Waals surface area contributed by atoms with Crippen molar-refractivity contribution in [3.63, 3.8) is 0 Å². The minimum absolute atomic E-state index is 0.0114. The van der Waals surface area contributed by atoms with E-state index in [2.05, 4.69) is 5.32 Å². The summed E-state index contributed by atoms with van der Waals surface area (Å²) in [6.45, 7) is 2.40. The van der Waals surface area contributed by atoms with Gasteiger partial charge in [0.1, 0.15) is 0 Å². The van der Waals surface area contributed by atoms with Gasteiger partial charge in [-0.15, -0.1) is 0 Å². The van der Waals surface area contributed by atoms with Crippen molar-refractivity contribution in [2.75, 3.05) is 38.0 Å². The number of benzene rings is 2. The van der Waals surface area contributed by atoms with Crippen molar-refractivity contribution in [1.82, 2.24) is 9.80 Å². The number of nitrogens with zero attached hydrogens (tertiary/aromatic N) is 2. The van der Waals surface area contributed by atoms with E-state index in [-0.39, 0.29) is 18.4 Å². The van der Waals surface area contributed by atoms with Gasteiger partial charge in [-0.25, -0.2) is 0 Å². The zero-order valence-corrected chi connectivity index (χ0v) is 16.0. The standard InChI is InChI=1S/C20H21F2N3O2S/c21-20(22)28-17-9-5-4-8-16(17)23-18(26)14-24-10-12-25(13-11-24)19(27)15-6-2-1-3-7-15/h1-9,20H,10-14H2,(H,23,26). The van der Waals surface area contributed by atoms with E-state index in [0.717, 1.165) is 0 Å². The van der Waals surface area contributed by atoms with E-state index in [0.29, 0.717) is 54.1 Å². The van der Waals surface area contributed by atoms with E-state index >= 15 is 0 Å². The van der Waals surface area contributed by atoms with Gasteiger partial charge in [0.05, 0.1) is 12.2 Å². The van der Waals surface area contributed by atoms with E-state index in [1.807, 2.05) is 23.1 Å². The van der Waals surface area contributed by atoms with Crippen molar-refractivity contribution < 1.29 is 18.4 Å². The van der Waals surface area contributed by atoms with Gasteiger partial charge < -0.3 is 10.2 Å². The predicted octanol–water partition coefficient (Wildman–Crippen LogP) is 3.40. The lowest BCUT2D eigenvalue weighted by atomic mass is 10.2. The number of carbonyl (C=O) groups excluding carboxylic acids is 2. The van der Waals surface area contributed by atoms with Crippen LogP contribution in [0.15, 0.2) is 59.5 Å². The zero-order chi connectivity index (χ0) is 19.9. The topological polar surface area (TPSA) is 52.7 Å². The van der Waals surface area contributed by atoms with Crippen molar-refractivity contribution in [3.05, 3.63) is 60.2 Å². The van der Waals surface area contributed by atoms with Crippen LogP contribution in [0.2, 0.25) is 0 Å². The Morgan fingerprint density at radius 3 is 2.29 bits per heavy atom. The number of nitrogens with one attached hydrogen (secondary N) is 1. The maximum Gasteiger partial charge on any atom is 0.288 e. The summed E-state index contributed by atoms with van der Waals surface area (Å²) in [5.74, 6) is -2.82. The molecule has 0 saturated carbocycles. The van der Waals surface area contributed by atoms with Crippen molar-refractivity contribution in [3.8, 4) is 0 Å². The number of rotatable bonds is 6. The Morgan fingerprint density at radius 1 is 0.964 bits per heavy atom. The first-order valence-corrected chi connectivity index (χ1v) is 9.81. The van der Waals surface area contributed by atoms with Gasteiger partial charge in [0.25, 0.3) is 11.7 Å². The van der Waals surface area contributed by atoms with Crippen LogP contribution in [0.3, 0.4) is 0 Å². The van der Waals surface area contributed by atoms with Crippen molar-refractivity contribution in [1.29, 1.82) is 0 Å². The molecule has 2 amide bonds. The van der Waals surface area contributed by atoms with Crippen LogP contribution in [0.1, 0.15) is 10.4 Å². The van der Waals surface area contributed by atoms with Crippen LogP contribution in [0.5, 0.6) is 0 Å². The molecule has 0 atom stereocenters. The van der Waals surface area contributed by atoms with Crippen LogP contribution in [0.25, 0.3) is 0 Å². The summed E-state index contributed by atoms with van der Waals surface area (Å²) >= 11 is 0.409. The lowest BCUT2D eigenvalue weighted by Crippen LogP contribution is -2.50. The predicted molar refractivity (Wildman–Crippen MR) is 106 cm³/mol. The molecule has 0 aromatic heterocycles. The highest BCUT2D eigenvalue weighted by atomic mass is 32.2. The molecule has 1 fully saturated rings. The minimum atomic E-state index is -2.55. The number of thioether (sulfide) groups is 1. The third-order valence-electron chi connectivity index (χ3n) is 4.42. The Morgan fingerprint density at radius 2 is 1.61 bits per heavy atom. The van der Waals surface area contributed by atoms with Gasteiger partial charge in [-0.3, -0.25) is 14.5 Å². The Balaban J connectivity index is 1.50. The Labute approximate surface area is 166 Å². The third kappa shape index (κ3) is 5.53. The number of para-hydroxylation sites is 1. The number of anilines is 1. The van der Waals surface area contributed by atoms with E-state index < -0.39 is 5.76 Å². The normalized spacial score (nSPS) is 14.9. The maximum atomic E-state index is 12.6. The molecule has 3 rings (SSSR count). The van der Waals surface area contributed by atoms with Crippen LogP contribution in [0, 0.1) is 0 Å². The second kappa shape index (κ2) is 9.66. The lowest BCUT2D eigenvalue weighted by molar-refractivity contribution is -0.117. The number of alkyl halides is 2. The second-order valence-electron chi connectivity index (χ2n) is 6.36. The van der Waals surface area contributed by atoms with Crippen LogP contribution in [-0.2, 0) is 4.79 Å². The first kappa shape index (κ1) is 20.3. The van der Waals surface area contributed by atoms with Crippen LogP contribution >= 0.6 is 11.8 Å². The third-order valence-corrected chi connectivity index (χ3v) is 5.21. The number of hydrogen-bond donors (Lipinski definition) is 1. The number of hydrogen-bond acceptors (Lipinski definition) is 4. The average Bonchev–Trinajstić information content (AvgIpc) is 2.70. The van der Waals surface area contributed by atoms with Gasteiger partial charge in [0.15, 0.2) is 0 Å². The van der Waals surface area contributed by atoms with Gasteiger partial charge in [-0.05, 0) is 24.3 Å². The van der Waals surface area contributed by atoms with E-state index in [1.54, 1.807) is 41.3 Å². The fraction of sp³-hybridized carbons (Fsp3) is 0.300. The number of piperazine rings is 1. The average molecular weight is 405 g/mol. The molecular formula is C20H21F2N3O2S. The molecule has 0 unspecified atom stereocenters. The molecule has 1 N–H and O–H groups in total. The molecule has 0 bridgehead atoms. The van der Waals surface area contributed by atoms with Crippen LogP contribution in [-0.4, -0.2) is 60.1 Å². The molecule has 2 aromatic carbocycles. The summed E-state index contributed by atoms with van der Waals surface area (Å²) in [6.07, 6.45) is 0. The fourth-order valence-electron chi connectivity index (χ4n) is 3.03. The summed E-state index contributed by atoms with van der Waals surface area (Å²) in [6, 6.07) is 15.6. The summed E-state index contributed by atoms with van der Waals surface area (Å²) in [5.41, 5.74) is 1.04. The van der Waals surface area contributed by atoms with Gasteiger partial charge in [-0.1, -0.05) is 42.1 Å². The monoisotopic (exact) mass is 405 g/mol. The molecule has 0 radical (unpaired) electrons. The lowest BCUT2D eigenvalue weighted by Gasteiger charge is -2.34. The summed E-state index contributed by atoms with van der Waals surface area (Å²) in [4.78, 5) is 28.8. The zero-order valence-electron chi connectivity index (χ0n) is 15.2. The highest BCUT2D eigenvalue weighted by Gasteiger charge is 2.23. The van der Waals surface area contributed by atoms with Crippen LogP contribution < -0.4 is 5.32 Å². The summed E-state index contributed by atoms with van der Waals surface area (Å²) in [5, 5.41) is 2.71. The molecule has 5 nitrogen and oxygen atoms in total. The first-order chi connectivity index (χ1) is 13.5. The molecule has 1 aliphatic heterocycles. The fourth-order valence-corrected chi connectivity index (χ4v) is 3.63. The van der Waals surface area contributed by atoms with Crippen LogP contribution in [0.4, 0.5) is 14.5 Å². The molecule has 28 heavy (non-hydrogen) atoms. The summed E-state index contributed by atoms with van der Waals surface area (Å²) < 4.78 is 25.3. The van der Waals surface area contributed by atoms with E-state index in [1.165, 1.54) is 0 Å². The molecule has 148 valence electrons. The van der Waals surface area contributed by atoms with Crippen molar-refractivity contribution >= 4 is 29.3 Å². The maximum absolute atomic E-state index is 12.6. The molecule has 2 aromatic rings. The highest BCUT2D eigenvalue weighted by Crippen LogP contribution is 2.31. The minimum Gasteiger partial charge on any atom is -0.336 e. The van der Waals surface area contributed by atoms with Crippen molar-refractivity contribution in [2.45, 2.75) is 10.7 Å². The second-order valence-corrected chi connectivity index (χ2v) is 7.39. The number of amides is 2. The molecule has 8 heteroatoms. The first-order valence-electron chi connectivity index (χ1n) is 8.93. The van der Waals surface area contributed by atoms with E-state index in [9.17, 15) is 18.4 Å². The Bertz CT molecular complexity index is 812. The van der Waals surface area contributed by atoms with Crippen molar-refractivity contribution in [2.24, 2.45) is 0 Å². The van der Waals surface area contributed by atoms with Gasteiger partial charge in [0.2, 0.25) is 5.91 Å². The molecule has 1 heterocycles. The van der Waals surface area contributed by atoms with Gasteiger partial charge >= 0.3 is 0 Å². The summed E-state index contributed by atoms with van der Waals surface area (Å²) in [7, 11) is 0. The number of halogens is 2. The smallest absolute Gasteiger partial charge is 0.288 e. The molecule has 1 aliphatic rings. The SMILES string of the molecule is O=C(CN1CCN(C(=O)c2ccccc2)CC1)Nc1ccccc1SC(F)F. The van der Waals surface area contributed by atoms with E-state index in [4.69, 9.17) is 0 Å². The number of carbonyl (C=O) groups is 2.